The van der Waals surface area contributed by atoms with Gasteiger partial charge in [0.2, 0.25) is 0 Å². The average Bonchev–Trinajstić information content (AvgIpc) is 2.36. The second-order valence-electron chi connectivity index (χ2n) is 3.70. The molecule has 0 heterocycles. The van der Waals surface area contributed by atoms with E-state index in [0.717, 1.165) is 10.6 Å². The lowest BCUT2D eigenvalue weighted by atomic mass is 10.3. The molecule has 0 atom stereocenters. The molecule has 0 saturated carbocycles. The number of carboxylic acid groups (broad SMARTS) is 1. The third-order valence-corrected chi connectivity index (χ3v) is 3.15. The summed E-state index contributed by atoms with van der Waals surface area (Å²) in [5, 5.41) is 11.3. The molecule has 0 spiro atoms. The van der Waals surface area contributed by atoms with Crippen molar-refractivity contribution in [1.29, 1.82) is 0 Å². The lowest BCUT2D eigenvalue weighted by Gasteiger charge is -2.18. The van der Waals surface area contributed by atoms with E-state index in [1.807, 2.05) is 30.5 Å². The summed E-state index contributed by atoms with van der Waals surface area (Å²) in [7, 11) is 1.57. The number of rotatable bonds is 5. The quantitative estimate of drug-likeness (QED) is 0.804. The number of carboxylic acids is 1. The van der Waals surface area contributed by atoms with Crippen LogP contribution >= 0.6 is 11.8 Å². The Bertz CT molecular complexity index is 437. The Labute approximate surface area is 110 Å². The molecule has 0 fully saturated rings. The fourth-order valence-corrected chi connectivity index (χ4v) is 1.88. The van der Waals surface area contributed by atoms with Gasteiger partial charge in [-0.2, -0.15) is 0 Å². The lowest BCUT2D eigenvalue weighted by Crippen LogP contribution is -2.33. The fraction of sp³-hybridized carbons (Fsp3) is 0.333. The number of thioether (sulfide) groups is 1. The summed E-state index contributed by atoms with van der Waals surface area (Å²) in [6, 6.07) is 7.16. The molecule has 0 saturated heterocycles. The second-order valence-corrected chi connectivity index (χ2v) is 4.54. The minimum atomic E-state index is -0.917. The molecule has 1 rings (SSSR count). The highest BCUT2D eigenvalue weighted by Crippen LogP contribution is 2.24. The molecular formula is C12H16N2O3S. The third kappa shape index (κ3) is 4.29. The van der Waals surface area contributed by atoms with Crippen LogP contribution in [0.4, 0.5) is 10.5 Å². The zero-order valence-electron chi connectivity index (χ0n) is 10.3. The molecule has 98 valence electrons. The molecule has 6 heteroatoms. The summed E-state index contributed by atoms with van der Waals surface area (Å²) in [5.41, 5.74) is 0.733. The highest BCUT2D eigenvalue weighted by atomic mass is 32.2. The molecule has 0 aliphatic heterocycles. The number of benzene rings is 1. The highest BCUT2D eigenvalue weighted by molar-refractivity contribution is 7.98. The third-order valence-electron chi connectivity index (χ3n) is 2.36. The van der Waals surface area contributed by atoms with Crippen LogP contribution in [0.1, 0.15) is 6.42 Å². The Morgan fingerprint density at radius 1 is 1.39 bits per heavy atom. The van der Waals surface area contributed by atoms with Crippen molar-refractivity contribution in [2.45, 2.75) is 11.3 Å². The van der Waals surface area contributed by atoms with Gasteiger partial charge < -0.3 is 15.3 Å². The molecule has 1 aromatic carbocycles. The van der Waals surface area contributed by atoms with Gasteiger partial charge in [0, 0.05) is 18.5 Å². The molecule has 1 aromatic rings. The van der Waals surface area contributed by atoms with Crippen molar-refractivity contribution in [3.63, 3.8) is 0 Å². The van der Waals surface area contributed by atoms with Gasteiger partial charge in [0.05, 0.1) is 12.1 Å². The van der Waals surface area contributed by atoms with Crippen LogP contribution in [0.2, 0.25) is 0 Å². The standard InChI is InChI=1S/C12H16N2O3S/c1-14(8-7-11(15)16)12(17)13-9-5-3-4-6-10(9)18-2/h3-6H,7-8H2,1-2H3,(H,13,17)(H,15,16). The Morgan fingerprint density at radius 2 is 2.06 bits per heavy atom. The molecular weight excluding hydrogens is 252 g/mol. The van der Waals surface area contributed by atoms with Gasteiger partial charge in [-0.3, -0.25) is 4.79 Å². The van der Waals surface area contributed by atoms with Crippen molar-refractivity contribution in [2.24, 2.45) is 0 Å². The molecule has 0 aromatic heterocycles. The van der Waals surface area contributed by atoms with E-state index in [-0.39, 0.29) is 19.0 Å². The largest absolute Gasteiger partial charge is 0.481 e. The van der Waals surface area contributed by atoms with Crippen molar-refractivity contribution >= 4 is 29.4 Å². The summed E-state index contributed by atoms with van der Waals surface area (Å²) in [5.74, 6) is -0.917. The minimum Gasteiger partial charge on any atom is -0.481 e. The van der Waals surface area contributed by atoms with E-state index in [9.17, 15) is 9.59 Å². The van der Waals surface area contributed by atoms with Crippen molar-refractivity contribution in [3.8, 4) is 0 Å². The van der Waals surface area contributed by atoms with Gasteiger partial charge >= 0.3 is 12.0 Å². The van der Waals surface area contributed by atoms with Crippen LogP contribution in [0.15, 0.2) is 29.2 Å². The Kier molecular flexibility index (Phi) is 5.51. The number of aliphatic carboxylic acids is 1. The lowest BCUT2D eigenvalue weighted by molar-refractivity contribution is -0.137. The van der Waals surface area contributed by atoms with Crippen LogP contribution in [0, 0.1) is 0 Å². The molecule has 5 nitrogen and oxygen atoms in total. The van der Waals surface area contributed by atoms with E-state index in [4.69, 9.17) is 5.11 Å². The maximum absolute atomic E-state index is 11.8. The number of urea groups is 1. The van der Waals surface area contributed by atoms with Crippen LogP contribution in [0.5, 0.6) is 0 Å². The minimum absolute atomic E-state index is 0.0614. The number of amides is 2. The number of nitrogens with one attached hydrogen (secondary N) is 1. The van der Waals surface area contributed by atoms with E-state index < -0.39 is 5.97 Å². The number of anilines is 1. The van der Waals surface area contributed by atoms with Gasteiger partial charge in [-0.15, -0.1) is 11.8 Å². The summed E-state index contributed by atoms with van der Waals surface area (Å²) >= 11 is 1.54. The number of carbonyl (C=O) groups excluding carboxylic acids is 1. The Balaban J connectivity index is 2.60. The van der Waals surface area contributed by atoms with Gasteiger partial charge in [0.15, 0.2) is 0 Å². The first-order valence-corrected chi connectivity index (χ1v) is 6.64. The van der Waals surface area contributed by atoms with Crippen LogP contribution in [-0.4, -0.2) is 41.9 Å². The first-order chi connectivity index (χ1) is 8.54. The van der Waals surface area contributed by atoms with Gasteiger partial charge in [-0.1, -0.05) is 12.1 Å². The van der Waals surface area contributed by atoms with E-state index in [2.05, 4.69) is 5.32 Å². The van der Waals surface area contributed by atoms with Crippen LogP contribution in [0.3, 0.4) is 0 Å². The van der Waals surface area contributed by atoms with E-state index in [1.165, 1.54) is 4.90 Å². The maximum atomic E-state index is 11.8. The normalized spacial score (nSPS) is 9.89. The number of hydrogen-bond acceptors (Lipinski definition) is 3. The average molecular weight is 268 g/mol. The van der Waals surface area contributed by atoms with Gasteiger partial charge in [-0.25, -0.2) is 4.79 Å². The van der Waals surface area contributed by atoms with Crippen LogP contribution in [0.25, 0.3) is 0 Å². The summed E-state index contributed by atoms with van der Waals surface area (Å²) in [6.45, 7) is 0.183. The van der Waals surface area contributed by atoms with Crippen LogP contribution < -0.4 is 5.32 Å². The molecule has 2 N–H and O–H groups in total. The van der Waals surface area contributed by atoms with Gasteiger partial charge in [0.1, 0.15) is 0 Å². The molecule has 0 aliphatic carbocycles. The first kappa shape index (κ1) is 14.4. The summed E-state index contributed by atoms with van der Waals surface area (Å²) in [4.78, 5) is 24.6. The predicted octanol–water partition coefficient (Wildman–Crippen LogP) is 2.35. The van der Waals surface area contributed by atoms with E-state index in [0.29, 0.717) is 0 Å². The Morgan fingerprint density at radius 3 is 2.67 bits per heavy atom. The summed E-state index contributed by atoms with van der Waals surface area (Å²) in [6.07, 6.45) is 1.87. The van der Waals surface area contributed by atoms with Gasteiger partial charge in [0.25, 0.3) is 0 Å². The van der Waals surface area contributed by atoms with Gasteiger partial charge in [-0.05, 0) is 18.4 Å². The zero-order valence-corrected chi connectivity index (χ0v) is 11.2. The molecule has 0 bridgehead atoms. The Hall–Kier alpha value is -1.69. The number of nitrogens with zero attached hydrogens (tertiary/aromatic N) is 1. The van der Waals surface area contributed by atoms with E-state index in [1.54, 1.807) is 18.8 Å². The number of para-hydroxylation sites is 1. The smallest absolute Gasteiger partial charge is 0.321 e. The molecule has 2 amide bonds. The topological polar surface area (TPSA) is 69.6 Å². The molecule has 0 unspecified atom stereocenters. The number of hydrogen-bond donors (Lipinski definition) is 2. The van der Waals surface area contributed by atoms with Crippen molar-refractivity contribution < 1.29 is 14.7 Å². The van der Waals surface area contributed by atoms with Crippen molar-refractivity contribution in [3.05, 3.63) is 24.3 Å². The number of carbonyl (C=O) groups is 2. The van der Waals surface area contributed by atoms with Crippen molar-refractivity contribution in [1.82, 2.24) is 4.90 Å². The molecule has 18 heavy (non-hydrogen) atoms. The maximum Gasteiger partial charge on any atom is 0.321 e. The molecule has 0 aliphatic rings. The predicted molar refractivity (Wildman–Crippen MR) is 72.1 cm³/mol. The van der Waals surface area contributed by atoms with E-state index >= 15 is 0 Å². The molecule has 0 radical (unpaired) electrons. The van der Waals surface area contributed by atoms with Crippen LogP contribution in [-0.2, 0) is 4.79 Å². The second kappa shape index (κ2) is 6.90. The fourth-order valence-electron chi connectivity index (χ4n) is 1.32. The van der Waals surface area contributed by atoms with Crippen molar-refractivity contribution in [2.75, 3.05) is 25.2 Å². The highest BCUT2D eigenvalue weighted by Gasteiger charge is 2.11. The summed E-state index contributed by atoms with van der Waals surface area (Å²) < 4.78 is 0. The SMILES string of the molecule is CSc1ccccc1NC(=O)N(C)CCC(=O)O. The monoisotopic (exact) mass is 268 g/mol. The first-order valence-electron chi connectivity index (χ1n) is 5.41. The zero-order chi connectivity index (χ0) is 13.5.